The van der Waals surface area contributed by atoms with Crippen LogP contribution >= 0.6 is 11.6 Å². The van der Waals surface area contributed by atoms with Gasteiger partial charge in [0.2, 0.25) is 0 Å². The van der Waals surface area contributed by atoms with Crippen molar-refractivity contribution >= 4 is 28.4 Å². The third-order valence-electron chi connectivity index (χ3n) is 7.37. The van der Waals surface area contributed by atoms with Crippen LogP contribution in [-0.4, -0.2) is 41.1 Å². The second-order valence-electron chi connectivity index (χ2n) is 10.1. The summed E-state index contributed by atoms with van der Waals surface area (Å²) < 4.78 is 12.5. The van der Waals surface area contributed by atoms with Crippen molar-refractivity contribution in [3.63, 3.8) is 0 Å². The van der Waals surface area contributed by atoms with Crippen LogP contribution in [0.3, 0.4) is 0 Å². The van der Waals surface area contributed by atoms with E-state index >= 15 is 0 Å². The van der Waals surface area contributed by atoms with E-state index in [-0.39, 0.29) is 11.5 Å². The molecule has 0 N–H and O–H groups in total. The van der Waals surface area contributed by atoms with Crippen LogP contribution < -0.4 is 15.0 Å². The van der Waals surface area contributed by atoms with E-state index < -0.39 is 6.04 Å². The number of amides is 1. The van der Waals surface area contributed by atoms with Gasteiger partial charge in [-0.3, -0.25) is 14.2 Å². The van der Waals surface area contributed by atoms with Gasteiger partial charge in [0.25, 0.3) is 11.5 Å². The number of methoxy groups -OCH3 is 2. The van der Waals surface area contributed by atoms with Gasteiger partial charge < -0.3 is 14.4 Å². The fourth-order valence-electron chi connectivity index (χ4n) is 5.03. The second-order valence-corrected chi connectivity index (χ2v) is 10.5. The fourth-order valence-corrected chi connectivity index (χ4v) is 5.20. The zero-order chi connectivity index (χ0) is 29.8. The number of nitrogens with zero attached hydrogens (tertiary/aromatic N) is 3. The quantitative estimate of drug-likeness (QED) is 0.191. The number of aromatic nitrogens is 2. The molecule has 5 rings (SSSR count). The van der Waals surface area contributed by atoms with Crippen molar-refractivity contribution in [1.29, 1.82) is 0 Å². The summed E-state index contributed by atoms with van der Waals surface area (Å²) in [6.07, 6.45) is 0.601. The Hall–Kier alpha value is -4.62. The Bertz CT molecular complexity index is 1790. The van der Waals surface area contributed by atoms with Gasteiger partial charge in [0.1, 0.15) is 17.3 Å². The average molecular weight is 582 g/mol. The highest BCUT2D eigenvalue weighted by Gasteiger charge is 2.29. The van der Waals surface area contributed by atoms with Crippen LogP contribution in [0.25, 0.3) is 16.6 Å². The predicted molar refractivity (Wildman–Crippen MR) is 166 cm³/mol. The molecule has 4 aromatic carbocycles. The molecule has 0 aliphatic heterocycles. The molecular formula is C34H32ClN3O4. The van der Waals surface area contributed by atoms with Gasteiger partial charge in [-0.25, -0.2) is 4.98 Å². The number of rotatable bonds is 9. The summed E-state index contributed by atoms with van der Waals surface area (Å²) in [5.74, 6) is 1.14. The summed E-state index contributed by atoms with van der Waals surface area (Å²) in [4.78, 5) is 35.0. The van der Waals surface area contributed by atoms with E-state index in [4.69, 9.17) is 26.1 Å². The van der Waals surface area contributed by atoms with Gasteiger partial charge in [0.05, 0.1) is 42.4 Å². The first-order chi connectivity index (χ1) is 20.3. The van der Waals surface area contributed by atoms with Crippen LogP contribution in [0, 0.1) is 6.92 Å². The lowest BCUT2D eigenvalue weighted by atomic mass is 10.1. The Morgan fingerprint density at radius 3 is 2.38 bits per heavy atom. The number of halogens is 1. The SMILES string of the molecule is COc1ccc(C(=O)N(CCc2ccccc2)C(C)c2nc3cc(Cl)ccc3c(=O)n2-c2ccc(C)cc2)c(OC)c1. The summed E-state index contributed by atoms with van der Waals surface area (Å²) in [5, 5.41) is 0.913. The number of carbonyl (C=O) groups is 1. The largest absolute Gasteiger partial charge is 0.497 e. The Kier molecular flexibility index (Phi) is 8.59. The minimum Gasteiger partial charge on any atom is -0.497 e. The molecule has 1 atom stereocenters. The lowest BCUT2D eigenvalue weighted by Gasteiger charge is -2.31. The molecule has 0 saturated heterocycles. The van der Waals surface area contributed by atoms with E-state index in [0.717, 1.165) is 11.1 Å². The normalized spacial score (nSPS) is 11.7. The van der Waals surface area contributed by atoms with Gasteiger partial charge in [-0.15, -0.1) is 0 Å². The summed E-state index contributed by atoms with van der Waals surface area (Å²) in [5.41, 5.74) is 3.42. The van der Waals surface area contributed by atoms with Crippen LogP contribution in [0.5, 0.6) is 11.5 Å². The molecule has 5 aromatic rings. The van der Waals surface area contributed by atoms with Crippen molar-refractivity contribution in [3.05, 3.63) is 129 Å². The van der Waals surface area contributed by atoms with Crippen molar-refractivity contribution in [1.82, 2.24) is 14.5 Å². The van der Waals surface area contributed by atoms with Crippen molar-refractivity contribution < 1.29 is 14.3 Å². The van der Waals surface area contributed by atoms with E-state index in [1.54, 1.807) is 53.0 Å². The molecule has 7 nitrogen and oxygen atoms in total. The first-order valence-corrected chi connectivity index (χ1v) is 14.0. The molecule has 214 valence electrons. The van der Waals surface area contributed by atoms with E-state index in [0.29, 0.717) is 57.5 Å². The minimum absolute atomic E-state index is 0.236. The van der Waals surface area contributed by atoms with Gasteiger partial charge in [0, 0.05) is 17.6 Å². The highest BCUT2D eigenvalue weighted by molar-refractivity contribution is 6.31. The standard InChI is InChI=1S/C34H32ClN3O4/c1-22-10-13-26(14-11-22)38-32(36-30-20-25(35)12-16-28(30)34(38)40)23(2)37(19-18-24-8-6-5-7-9-24)33(39)29-17-15-27(41-3)21-31(29)42-4/h5-17,20-21,23H,18-19H2,1-4H3. The molecule has 42 heavy (non-hydrogen) atoms. The molecule has 0 bridgehead atoms. The molecule has 0 spiro atoms. The Morgan fingerprint density at radius 2 is 1.69 bits per heavy atom. The smallest absolute Gasteiger partial charge is 0.266 e. The Balaban J connectivity index is 1.68. The van der Waals surface area contributed by atoms with Crippen LogP contribution in [0.2, 0.25) is 5.02 Å². The monoisotopic (exact) mass is 581 g/mol. The predicted octanol–water partition coefficient (Wildman–Crippen LogP) is 6.81. The number of carbonyl (C=O) groups excluding carboxylic acids is 1. The molecule has 1 aromatic heterocycles. The summed E-state index contributed by atoms with van der Waals surface area (Å²) in [6.45, 7) is 4.25. The lowest BCUT2D eigenvalue weighted by Crippen LogP contribution is -2.39. The van der Waals surface area contributed by atoms with E-state index in [1.165, 1.54) is 7.11 Å². The molecule has 0 aliphatic rings. The number of hydrogen-bond donors (Lipinski definition) is 0. The molecule has 8 heteroatoms. The Morgan fingerprint density at radius 1 is 0.952 bits per heavy atom. The number of benzene rings is 4. The number of fused-ring (bicyclic) bond motifs is 1. The zero-order valence-corrected chi connectivity index (χ0v) is 24.8. The number of aryl methyl sites for hydroxylation is 1. The van der Waals surface area contributed by atoms with Gasteiger partial charge in [-0.05, 0) is 68.3 Å². The van der Waals surface area contributed by atoms with Crippen LogP contribution in [-0.2, 0) is 6.42 Å². The maximum Gasteiger partial charge on any atom is 0.266 e. The summed E-state index contributed by atoms with van der Waals surface area (Å²) >= 11 is 6.31. The van der Waals surface area contributed by atoms with Crippen LogP contribution in [0.4, 0.5) is 0 Å². The van der Waals surface area contributed by atoms with Crippen molar-refractivity contribution in [3.8, 4) is 17.2 Å². The maximum absolute atomic E-state index is 14.3. The minimum atomic E-state index is -0.606. The highest BCUT2D eigenvalue weighted by atomic mass is 35.5. The van der Waals surface area contributed by atoms with E-state index in [9.17, 15) is 9.59 Å². The molecule has 1 heterocycles. The molecule has 0 saturated carbocycles. The fraction of sp³-hybridized carbons (Fsp3) is 0.206. The van der Waals surface area contributed by atoms with Crippen LogP contribution in [0.1, 0.15) is 40.3 Å². The first-order valence-electron chi connectivity index (χ1n) is 13.7. The summed E-state index contributed by atoms with van der Waals surface area (Å²) in [6, 6.07) is 27.2. The van der Waals surface area contributed by atoms with E-state index in [2.05, 4.69) is 0 Å². The second kappa shape index (κ2) is 12.5. The third kappa shape index (κ3) is 5.87. The molecule has 1 amide bonds. The number of hydrogen-bond acceptors (Lipinski definition) is 5. The Labute approximate surface area is 249 Å². The van der Waals surface area contributed by atoms with Crippen molar-refractivity contribution in [2.45, 2.75) is 26.3 Å². The topological polar surface area (TPSA) is 73.7 Å². The number of ether oxygens (including phenoxy) is 2. The van der Waals surface area contributed by atoms with Gasteiger partial charge >= 0.3 is 0 Å². The average Bonchev–Trinajstić information content (AvgIpc) is 3.01. The van der Waals surface area contributed by atoms with Gasteiger partial charge in [-0.1, -0.05) is 59.6 Å². The molecule has 0 radical (unpaired) electrons. The molecule has 0 aliphatic carbocycles. The van der Waals surface area contributed by atoms with E-state index in [1.807, 2.05) is 68.4 Å². The van der Waals surface area contributed by atoms with Gasteiger partial charge in [0.15, 0.2) is 0 Å². The zero-order valence-electron chi connectivity index (χ0n) is 24.0. The first kappa shape index (κ1) is 28.9. The lowest BCUT2D eigenvalue weighted by molar-refractivity contribution is 0.0680. The van der Waals surface area contributed by atoms with Crippen molar-refractivity contribution in [2.75, 3.05) is 20.8 Å². The maximum atomic E-state index is 14.3. The molecule has 0 fully saturated rings. The highest BCUT2D eigenvalue weighted by Crippen LogP contribution is 2.30. The van der Waals surface area contributed by atoms with Crippen LogP contribution in [0.15, 0.2) is 95.8 Å². The molecule has 1 unspecified atom stereocenters. The summed E-state index contributed by atoms with van der Waals surface area (Å²) in [7, 11) is 3.08. The van der Waals surface area contributed by atoms with Crippen molar-refractivity contribution in [2.24, 2.45) is 0 Å². The van der Waals surface area contributed by atoms with Gasteiger partial charge in [-0.2, -0.15) is 0 Å². The molecular weight excluding hydrogens is 550 g/mol. The third-order valence-corrected chi connectivity index (χ3v) is 7.61.